The number of halogens is 1. The number of rotatable bonds is 4. The molecule has 0 fully saturated rings. The van der Waals surface area contributed by atoms with E-state index in [0.29, 0.717) is 11.6 Å². The lowest BCUT2D eigenvalue weighted by Gasteiger charge is -2.11. The van der Waals surface area contributed by atoms with Crippen LogP contribution in [0.1, 0.15) is 23.0 Å². The molecule has 0 aliphatic carbocycles. The molecule has 0 saturated carbocycles. The van der Waals surface area contributed by atoms with E-state index < -0.39 is 5.97 Å². The predicted molar refractivity (Wildman–Crippen MR) is 88.2 cm³/mol. The van der Waals surface area contributed by atoms with Gasteiger partial charge in [0.2, 0.25) is 0 Å². The molecule has 4 rings (SSSR count). The first-order valence-corrected chi connectivity index (χ1v) is 7.65. The van der Waals surface area contributed by atoms with E-state index in [9.17, 15) is 9.18 Å². The lowest BCUT2D eigenvalue weighted by Crippen LogP contribution is -2.19. The summed E-state index contributed by atoms with van der Waals surface area (Å²) in [4.78, 5) is 13.7. The molecule has 4 N–H and O–H groups in total. The van der Waals surface area contributed by atoms with Gasteiger partial charge in [0, 0.05) is 11.1 Å². The van der Waals surface area contributed by atoms with Crippen LogP contribution in [-0.2, 0) is 11.2 Å². The van der Waals surface area contributed by atoms with Crippen molar-refractivity contribution in [2.45, 2.75) is 12.5 Å². The number of hydrazine groups is 1. The van der Waals surface area contributed by atoms with Gasteiger partial charge in [-0.15, -0.1) is 10.2 Å². The summed E-state index contributed by atoms with van der Waals surface area (Å²) >= 11 is 0. The fraction of sp³-hybridized carbons (Fsp3) is 0.118. The normalized spacial score (nSPS) is 15.6. The highest BCUT2D eigenvalue weighted by Gasteiger charge is 2.24. The van der Waals surface area contributed by atoms with Crippen molar-refractivity contribution < 1.29 is 14.3 Å². The van der Waals surface area contributed by atoms with Crippen molar-refractivity contribution in [3.63, 3.8) is 0 Å². The number of hydrogen-bond acceptors (Lipinski definition) is 5. The highest BCUT2D eigenvalue weighted by molar-refractivity contribution is 5.70. The summed E-state index contributed by atoms with van der Waals surface area (Å²) in [6.45, 7) is 0. The summed E-state index contributed by atoms with van der Waals surface area (Å²) in [6, 6.07) is 11.9. The zero-order valence-corrected chi connectivity index (χ0v) is 13.0. The zero-order chi connectivity index (χ0) is 17.4. The minimum absolute atomic E-state index is 0.128. The molecule has 8 heteroatoms. The highest BCUT2D eigenvalue weighted by atomic mass is 19.1. The van der Waals surface area contributed by atoms with Gasteiger partial charge in [0.05, 0.1) is 11.7 Å². The maximum atomic E-state index is 13.2. The van der Waals surface area contributed by atoms with Crippen LogP contribution in [0.15, 0.2) is 42.5 Å². The molecule has 2 heterocycles. The fourth-order valence-electron chi connectivity index (χ4n) is 2.86. The number of nitrogens with one attached hydrogen (secondary N) is 3. The van der Waals surface area contributed by atoms with Crippen LogP contribution in [0, 0.1) is 5.82 Å². The predicted octanol–water partition coefficient (Wildman–Crippen LogP) is 2.26. The number of carboxylic acid groups (broad SMARTS) is 1. The summed E-state index contributed by atoms with van der Waals surface area (Å²) < 4.78 is 13.2. The van der Waals surface area contributed by atoms with Gasteiger partial charge < -0.3 is 15.5 Å². The molecule has 1 aliphatic rings. The van der Waals surface area contributed by atoms with Crippen molar-refractivity contribution in [1.29, 1.82) is 0 Å². The number of anilines is 1. The molecule has 2 aromatic carbocycles. The summed E-state index contributed by atoms with van der Waals surface area (Å²) in [6.07, 6.45) is -0.209. The van der Waals surface area contributed by atoms with Gasteiger partial charge in [-0.25, -0.2) is 9.82 Å². The van der Waals surface area contributed by atoms with Crippen molar-refractivity contribution in [2.24, 2.45) is 0 Å². The van der Waals surface area contributed by atoms with Crippen molar-refractivity contribution >= 4 is 11.7 Å². The van der Waals surface area contributed by atoms with Gasteiger partial charge in [-0.2, -0.15) is 0 Å². The molecule has 0 amide bonds. The molecule has 0 bridgehead atoms. The standard InChI is InChI=1S/C17H14FN5O2/c18-11-4-1-9(2-5-11)16-12-7-10(3-6-13(12)20-22-16)17-19-14(21-23-17)8-15(24)25/h1-7,16,20,22H,8H2,(H,24,25)(H,19,21,23). The van der Waals surface area contributed by atoms with E-state index >= 15 is 0 Å². The molecule has 3 aromatic rings. The number of carbonyl (C=O) groups is 1. The monoisotopic (exact) mass is 339 g/mol. The Hall–Kier alpha value is -3.26. The molecule has 1 aromatic heterocycles. The molecule has 126 valence electrons. The van der Waals surface area contributed by atoms with Gasteiger partial charge in [0.15, 0.2) is 5.82 Å². The molecule has 0 spiro atoms. The molecule has 7 nitrogen and oxygen atoms in total. The van der Waals surface area contributed by atoms with E-state index in [1.54, 1.807) is 12.1 Å². The fourth-order valence-corrected chi connectivity index (χ4v) is 2.86. The Kier molecular flexibility index (Phi) is 3.66. The third-order valence-corrected chi connectivity index (χ3v) is 4.04. The smallest absolute Gasteiger partial charge is 0.311 e. The third kappa shape index (κ3) is 2.94. The van der Waals surface area contributed by atoms with E-state index in [1.165, 1.54) is 12.1 Å². The van der Waals surface area contributed by atoms with Gasteiger partial charge in [-0.3, -0.25) is 4.79 Å². The van der Waals surface area contributed by atoms with Crippen LogP contribution in [0.5, 0.6) is 0 Å². The largest absolute Gasteiger partial charge is 0.481 e. The van der Waals surface area contributed by atoms with E-state index in [1.807, 2.05) is 18.2 Å². The molecule has 1 atom stereocenters. The first kappa shape index (κ1) is 15.3. The molecule has 0 saturated heterocycles. The van der Waals surface area contributed by atoms with Crippen LogP contribution in [-0.4, -0.2) is 26.3 Å². The minimum atomic E-state index is -0.971. The number of fused-ring (bicyclic) bond motifs is 1. The summed E-state index contributed by atoms with van der Waals surface area (Å²) in [5.41, 5.74) is 9.90. The van der Waals surface area contributed by atoms with E-state index in [-0.39, 0.29) is 18.3 Å². The van der Waals surface area contributed by atoms with Crippen LogP contribution < -0.4 is 10.9 Å². The van der Waals surface area contributed by atoms with Gasteiger partial charge >= 0.3 is 5.97 Å². The Labute approximate surface area is 141 Å². The molecule has 1 aliphatic heterocycles. The van der Waals surface area contributed by atoms with E-state index in [4.69, 9.17) is 5.11 Å². The highest BCUT2D eigenvalue weighted by Crippen LogP contribution is 2.35. The Morgan fingerprint density at radius 3 is 2.72 bits per heavy atom. The van der Waals surface area contributed by atoms with Crippen LogP contribution in [0.2, 0.25) is 0 Å². The Morgan fingerprint density at radius 1 is 1.16 bits per heavy atom. The Morgan fingerprint density at radius 2 is 1.96 bits per heavy atom. The third-order valence-electron chi connectivity index (χ3n) is 4.04. The maximum Gasteiger partial charge on any atom is 0.311 e. The number of carboxylic acids is 1. The van der Waals surface area contributed by atoms with Crippen LogP contribution in [0.3, 0.4) is 0 Å². The van der Waals surface area contributed by atoms with Crippen molar-refractivity contribution in [1.82, 2.24) is 20.6 Å². The second kappa shape index (κ2) is 5.99. The topological polar surface area (TPSA) is 103 Å². The summed E-state index contributed by atoms with van der Waals surface area (Å²) in [5, 5.41) is 16.7. The van der Waals surface area contributed by atoms with Crippen molar-refractivity contribution in [3.05, 3.63) is 65.2 Å². The van der Waals surface area contributed by atoms with Crippen LogP contribution >= 0.6 is 0 Å². The van der Waals surface area contributed by atoms with Crippen molar-refractivity contribution in [2.75, 3.05) is 5.43 Å². The van der Waals surface area contributed by atoms with E-state index in [0.717, 1.165) is 22.4 Å². The minimum Gasteiger partial charge on any atom is -0.481 e. The average molecular weight is 339 g/mol. The molecular weight excluding hydrogens is 325 g/mol. The number of aromatic nitrogens is 3. The van der Waals surface area contributed by atoms with Gasteiger partial charge in [0.1, 0.15) is 18.1 Å². The second-order valence-corrected chi connectivity index (χ2v) is 5.75. The van der Waals surface area contributed by atoms with Gasteiger partial charge in [-0.05, 0) is 35.9 Å². The lowest BCUT2D eigenvalue weighted by molar-refractivity contribution is -0.136. The molecule has 25 heavy (non-hydrogen) atoms. The molecule has 1 unspecified atom stereocenters. The maximum absolute atomic E-state index is 13.2. The number of H-pyrrole nitrogens is 1. The SMILES string of the molecule is O=C(O)Cc1nnc(-c2ccc3c(c2)C(c2ccc(F)cc2)NN3)[nH]1. The zero-order valence-electron chi connectivity index (χ0n) is 13.0. The van der Waals surface area contributed by atoms with Crippen molar-refractivity contribution in [3.8, 4) is 11.4 Å². The number of aromatic amines is 1. The average Bonchev–Trinajstić information content (AvgIpc) is 3.21. The summed E-state index contributed by atoms with van der Waals surface area (Å²) in [7, 11) is 0. The molecular formula is C17H14FN5O2. The number of nitrogens with zero attached hydrogens (tertiary/aromatic N) is 2. The first-order valence-electron chi connectivity index (χ1n) is 7.65. The van der Waals surface area contributed by atoms with Crippen LogP contribution in [0.4, 0.5) is 10.1 Å². The number of aliphatic carboxylic acids is 1. The second-order valence-electron chi connectivity index (χ2n) is 5.75. The van der Waals surface area contributed by atoms with Crippen LogP contribution in [0.25, 0.3) is 11.4 Å². The Balaban J connectivity index is 1.67. The first-order chi connectivity index (χ1) is 12.1. The van der Waals surface area contributed by atoms with Gasteiger partial charge in [0.25, 0.3) is 0 Å². The van der Waals surface area contributed by atoms with Gasteiger partial charge in [-0.1, -0.05) is 12.1 Å². The molecule has 0 radical (unpaired) electrons. The quantitative estimate of drug-likeness (QED) is 0.581. The van der Waals surface area contributed by atoms with E-state index in [2.05, 4.69) is 26.0 Å². The summed E-state index contributed by atoms with van der Waals surface area (Å²) in [5.74, 6) is -0.448. The Bertz CT molecular complexity index is 938. The number of hydrogen-bond donors (Lipinski definition) is 4. The number of benzene rings is 2. The lowest BCUT2D eigenvalue weighted by atomic mass is 9.97.